The molecule has 0 radical (unpaired) electrons. The molecule has 1 aromatic heterocycles. The van der Waals surface area contributed by atoms with E-state index in [-0.39, 0.29) is 18.2 Å². The van der Waals surface area contributed by atoms with Gasteiger partial charge < -0.3 is 20.4 Å². The first-order valence-electron chi connectivity index (χ1n) is 9.35. The van der Waals surface area contributed by atoms with E-state index in [2.05, 4.69) is 15.6 Å². The molecule has 0 aliphatic rings. The molecule has 0 bridgehead atoms. The molecule has 0 saturated heterocycles. The number of alkyl carbamates (subject to hydrolysis) is 1. The summed E-state index contributed by atoms with van der Waals surface area (Å²) >= 11 is 0. The molecule has 0 saturated carbocycles. The summed E-state index contributed by atoms with van der Waals surface area (Å²) in [6.07, 6.45) is 0.737. The second-order valence-corrected chi connectivity index (χ2v) is 7.98. The van der Waals surface area contributed by atoms with Crippen molar-refractivity contribution in [3.05, 3.63) is 22.5 Å². The number of hydrogen-bond donors (Lipinski definition) is 3. The van der Waals surface area contributed by atoms with Gasteiger partial charge in [0.15, 0.2) is 5.78 Å². The zero-order valence-electron chi connectivity index (χ0n) is 17.8. The average Bonchev–Trinajstić information content (AvgIpc) is 2.84. The number of ether oxygens (including phenoxy) is 1. The summed E-state index contributed by atoms with van der Waals surface area (Å²) in [5, 5.41) is 5.78. The molecule has 0 atom stereocenters. The molecule has 0 aliphatic carbocycles. The Labute approximate surface area is 161 Å². The predicted molar refractivity (Wildman–Crippen MR) is 105 cm³/mol. The first kappa shape index (κ1) is 22.7. The summed E-state index contributed by atoms with van der Waals surface area (Å²) in [5.74, 6) is -0.373. The number of hydrogen-bond acceptors (Lipinski definition) is 4. The van der Waals surface area contributed by atoms with Crippen LogP contribution in [0.4, 0.5) is 4.79 Å². The fourth-order valence-electron chi connectivity index (χ4n) is 3.09. The number of aryl methyl sites for hydroxylation is 1. The van der Waals surface area contributed by atoms with Crippen LogP contribution in [-0.2, 0) is 4.74 Å². The van der Waals surface area contributed by atoms with Crippen LogP contribution in [0.25, 0.3) is 0 Å². The molecule has 7 heteroatoms. The number of carbonyl (C=O) groups excluding carboxylic acids is 3. The number of ketones is 1. The molecule has 0 aliphatic heterocycles. The van der Waals surface area contributed by atoms with Crippen molar-refractivity contribution in [1.29, 1.82) is 0 Å². The van der Waals surface area contributed by atoms with Crippen molar-refractivity contribution < 1.29 is 19.1 Å². The van der Waals surface area contributed by atoms with Gasteiger partial charge in [0, 0.05) is 17.8 Å². The van der Waals surface area contributed by atoms with E-state index in [9.17, 15) is 14.4 Å². The van der Waals surface area contributed by atoms with E-state index >= 15 is 0 Å². The van der Waals surface area contributed by atoms with Gasteiger partial charge in [-0.15, -0.1) is 0 Å². The quantitative estimate of drug-likeness (QED) is 0.630. The number of aromatic nitrogens is 1. The van der Waals surface area contributed by atoms with Gasteiger partial charge in [-0.1, -0.05) is 13.8 Å². The first-order chi connectivity index (χ1) is 12.4. The topological polar surface area (TPSA) is 100 Å². The van der Waals surface area contributed by atoms with E-state index in [1.165, 1.54) is 6.92 Å². The number of nitrogens with one attached hydrogen (secondary N) is 3. The van der Waals surface area contributed by atoms with Crippen molar-refractivity contribution >= 4 is 17.8 Å². The van der Waals surface area contributed by atoms with Crippen molar-refractivity contribution in [3.63, 3.8) is 0 Å². The molecule has 2 amide bonds. The molecule has 152 valence electrons. The Balaban J connectivity index is 2.96. The standard InChI is InChI=1S/C20H33N3O4/c1-9-20(10-2,11-21-18(26)27-19(6,7)8)23-17(25)16-12(3)15(14(5)24)13(4)22-16/h22H,9-11H2,1-8H3,(H,21,26)(H,23,25). The van der Waals surface area contributed by atoms with E-state index in [0.717, 1.165) is 0 Å². The lowest BCUT2D eigenvalue weighted by Gasteiger charge is -2.33. The smallest absolute Gasteiger partial charge is 0.407 e. The van der Waals surface area contributed by atoms with Crippen molar-refractivity contribution in [2.45, 2.75) is 79.4 Å². The average molecular weight is 380 g/mol. The molecular weight excluding hydrogens is 346 g/mol. The number of aromatic amines is 1. The minimum Gasteiger partial charge on any atom is -0.444 e. The lowest BCUT2D eigenvalue weighted by Crippen LogP contribution is -2.55. The zero-order valence-corrected chi connectivity index (χ0v) is 17.8. The maximum atomic E-state index is 12.9. The zero-order chi connectivity index (χ0) is 21.0. The molecule has 0 spiro atoms. The van der Waals surface area contributed by atoms with Gasteiger partial charge in [-0.25, -0.2) is 4.79 Å². The second-order valence-electron chi connectivity index (χ2n) is 7.98. The van der Waals surface area contributed by atoms with Crippen LogP contribution in [0.3, 0.4) is 0 Å². The van der Waals surface area contributed by atoms with Crippen molar-refractivity contribution in [3.8, 4) is 0 Å². The lowest BCUT2D eigenvalue weighted by atomic mass is 9.92. The highest BCUT2D eigenvalue weighted by Gasteiger charge is 2.31. The summed E-state index contributed by atoms with van der Waals surface area (Å²) < 4.78 is 5.27. The van der Waals surface area contributed by atoms with Crippen molar-refractivity contribution in [2.75, 3.05) is 6.54 Å². The first-order valence-corrected chi connectivity index (χ1v) is 9.35. The summed E-state index contributed by atoms with van der Waals surface area (Å²) in [4.78, 5) is 39.7. The highest BCUT2D eigenvalue weighted by atomic mass is 16.6. The van der Waals surface area contributed by atoms with Gasteiger partial charge in [-0.2, -0.15) is 0 Å². The summed E-state index contributed by atoms with van der Waals surface area (Å²) in [5.41, 5.74) is 1.04. The largest absolute Gasteiger partial charge is 0.444 e. The van der Waals surface area contributed by atoms with Crippen molar-refractivity contribution in [1.82, 2.24) is 15.6 Å². The van der Waals surface area contributed by atoms with Gasteiger partial charge in [0.1, 0.15) is 11.3 Å². The van der Waals surface area contributed by atoms with E-state index in [4.69, 9.17) is 4.74 Å². The van der Waals surface area contributed by atoms with Crippen LogP contribution in [0.5, 0.6) is 0 Å². The maximum Gasteiger partial charge on any atom is 0.407 e. The highest BCUT2D eigenvalue weighted by molar-refractivity contribution is 6.02. The number of carbonyl (C=O) groups is 3. The van der Waals surface area contributed by atoms with Crippen LogP contribution in [0, 0.1) is 13.8 Å². The molecule has 1 aromatic rings. The Morgan fingerprint density at radius 2 is 1.63 bits per heavy atom. The van der Waals surface area contributed by atoms with Crippen LogP contribution in [0.1, 0.15) is 86.5 Å². The number of Topliss-reactive ketones (excluding diaryl/α,β-unsaturated/α-hetero) is 1. The van der Waals surface area contributed by atoms with Gasteiger partial charge in [-0.05, 0) is 59.9 Å². The van der Waals surface area contributed by atoms with Gasteiger partial charge in [-0.3, -0.25) is 9.59 Å². The summed E-state index contributed by atoms with van der Waals surface area (Å²) in [6, 6.07) is 0. The van der Waals surface area contributed by atoms with Crippen LogP contribution < -0.4 is 10.6 Å². The third kappa shape index (κ3) is 5.84. The van der Waals surface area contributed by atoms with E-state index in [1.54, 1.807) is 34.6 Å². The third-order valence-electron chi connectivity index (χ3n) is 4.72. The lowest BCUT2D eigenvalue weighted by molar-refractivity contribution is 0.0501. The SMILES string of the molecule is CCC(CC)(CNC(=O)OC(C)(C)C)NC(=O)c1[nH]c(C)c(C(C)=O)c1C. The predicted octanol–water partition coefficient (Wildman–Crippen LogP) is 3.65. The number of H-pyrrole nitrogens is 1. The molecule has 0 unspecified atom stereocenters. The molecule has 0 fully saturated rings. The minimum absolute atomic E-state index is 0.0795. The third-order valence-corrected chi connectivity index (χ3v) is 4.72. The molecule has 27 heavy (non-hydrogen) atoms. The van der Waals surface area contributed by atoms with Crippen molar-refractivity contribution in [2.24, 2.45) is 0 Å². The molecule has 7 nitrogen and oxygen atoms in total. The number of rotatable bonds is 7. The fraction of sp³-hybridized carbons (Fsp3) is 0.650. The van der Waals surface area contributed by atoms with E-state index < -0.39 is 17.2 Å². The summed E-state index contributed by atoms with van der Waals surface area (Å²) in [6.45, 7) is 14.6. The Hall–Kier alpha value is -2.31. The fourth-order valence-corrected chi connectivity index (χ4v) is 3.09. The van der Waals surface area contributed by atoms with Gasteiger partial charge in [0.25, 0.3) is 5.91 Å². The second kappa shape index (κ2) is 8.59. The Morgan fingerprint density at radius 1 is 1.07 bits per heavy atom. The number of amides is 2. The van der Waals surface area contributed by atoms with E-state index in [0.29, 0.717) is 35.4 Å². The monoisotopic (exact) mass is 379 g/mol. The Kier molecular flexibility index (Phi) is 7.23. The van der Waals surface area contributed by atoms with Crippen LogP contribution in [0.15, 0.2) is 0 Å². The summed E-state index contributed by atoms with van der Waals surface area (Å²) in [7, 11) is 0. The van der Waals surface area contributed by atoms with Crippen LogP contribution >= 0.6 is 0 Å². The normalized spacial score (nSPS) is 11.9. The highest BCUT2D eigenvalue weighted by Crippen LogP contribution is 2.21. The van der Waals surface area contributed by atoms with Gasteiger partial charge >= 0.3 is 6.09 Å². The maximum absolute atomic E-state index is 12.9. The minimum atomic E-state index is -0.615. The Bertz CT molecular complexity index is 710. The molecular formula is C20H33N3O4. The molecule has 1 heterocycles. The van der Waals surface area contributed by atoms with Gasteiger partial charge in [0.2, 0.25) is 0 Å². The molecule has 3 N–H and O–H groups in total. The van der Waals surface area contributed by atoms with Gasteiger partial charge in [0.05, 0.1) is 5.54 Å². The molecule has 1 rings (SSSR count). The van der Waals surface area contributed by atoms with E-state index in [1.807, 2.05) is 13.8 Å². The van der Waals surface area contributed by atoms with Crippen LogP contribution in [0.2, 0.25) is 0 Å². The Morgan fingerprint density at radius 3 is 2.04 bits per heavy atom. The van der Waals surface area contributed by atoms with Crippen LogP contribution in [-0.4, -0.2) is 40.5 Å². The molecule has 0 aromatic carbocycles.